The van der Waals surface area contributed by atoms with Gasteiger partial charge < -0.3 is 25.1 Å². The lowest BCUT2D eigenvalue weighted by atomic mass is 10.1. The zero-order chi connectivity index (χ0) is 19.9. The first kappa shape index (κ1) is 19.5. The summed E-state index contributed by atoms with van der Waals surface area (Å²) < 4.78 is 31.9. The van der Waals surface area contributed by atoms with E-state index < -0.39 is 43.0 Å². The molecule has 1 saturated heterocycles. The molecule has 10 nitrogen and oxygen atoms in total. The zero-order valence-corrected chi connectivity index (χ0v) is 15.6. The predicted molar refractivity (Wildman–Crippen MR) is 91.7 cm³/mol. The first-order valence-corrected chi connectivity index (χ1v) is 8.44. The van der Waals surface area contributed by atoms with E-state index >= 15 is 4.39 Å². The summed E-state index contributed by atoms with van der Waals surface area (Å²) in [5.41, 5.74) is 5.28. The average molecular weight is 404 g/mol. The van der Waals surface area contributed by atoms with Crippen LogP contribution in [0.4, 0.5) is 15.0 Å². The van der Waals surface area contributed by atoms with Gasteiger partial charge in [-0.1, -0.05) is 0 Å². The van der Waals surface area contributed by atoms with Crippen molar-refractivity contribution in [3.8, 4) is 0 Å². The van der Waals surface area contributed by atoms with E-state index in [0.29, 0.717) is 0 Å². The summed E-state index contributed by atoms with van der Waals surface area (Å²) in [6.07, 6.45) is -5.41. The molecule has 2 aromatic rings. The van der Waals surface area contributed by atoms with Crippen molar-refractivity contribution in [2.24, 2.45) is 0 Å². The maximum atomic E-state index is 15.0. The highest BCUT2D eigenvalue weighted by molar-refractivity contribution is 6.28. The fourth-order valence-corrected chi connectivity index (χ4v) is 2.86. The van der Waals surface area contributed by atoms with Crippen molar-refractivity contribution in [1.29, 1.82) is 0 Å². The molecule has 3 heterocycles. The third-order valence-electron chi connectivity index (χ3n) is 3.76. The predicted octanol–water partition coefficient (Wildman–Crippen LogP) is 1.61. The molecule has 0 saturated carbocycles. The van der Waals surface area contributed by atoms with Crippen LogP contribution in [-0.4, -0.2) is 61.4 Å². The van der Waals surface area contributed by atoms with E-state index in [0.717, 1.165) is 0 Å². The van der Waals surface area contributed by atoms with E-state index in [4.69, 9.17) is 31.5 Å². The fraction of sp³-hybridized carbons (Fsp3) is 0.600. The smallest absolute Gasteiger partial charge is 0.429 e. The first-order valence-electron chi connectivity index (χ1n) is 8.06. The van der Waals surface area contributed by atoms with E-state index in [1.807, 2.05) is 0 Å². The Morgan fingerprint density at radius 3 is 2.81 bits per heavy atom. The van der Waals surface area contributed by atoms with Gasteiger partial charge in [0.2, 0.25) is 5.28 Å². The molecule has 1 aliphatic rings. The van der Waals surface area contributed by atoms with Gasteiger partial charge in [0.15, 0.2) is 30.0 Å². The number of nitrogens with two attached hydrogens (primary N) is 1. The van der Waals surface area contributed by atoms with Crippen LogP contribution in [0, 0.1) is 0 Å². The number of aliphatic hydroxyl groups excluding tert-OH is 1. The summed E-state index contributed by atoms with van der Waals surface area (Å²) in [6, 6.07) is 0. The van der Waals surface area contributed by atoms with Gasteiger partial charge in [-0.05, 0) is 32.4 Å². The summed E-state index contributed by atoms with van der Waals surface area (Å²) in [5, 5.41) is 9.36. The largest absolute Gasteiger partial charge is 0.509 e. The molecule has 0 bridgehead atoms. The van der Waals surface area contributed by atoms with Crippen molar-refractivity contribution >= 4 is 34.7 Å². The molecule has 0 radical (unpaired) electrons. The Bertz CT molecular complexity index is 857. The number of halogens is 2. The Balaban J connectivity index is 1.87. The van der Waals surface area contributed by atoms with Crippen molar-refractivity contribution in [3.63, 3.8) is 0 Å². The molecule has 12 heteroatoms. The highest BCUT2D eigenvalue weighted by atomic mass is 35.5. The standard InChI is InChI=1S/C15H19ClFN5O5/c1-15(2,3)27-14(24)26-9-6(4-23)25-12(7(9)17)22-5-19-8-10(18)20-13(16)21-11(8)22/h5-7,9,12,23H,4H2,1-3H3,(H2,18,20,21)/t6-,7+,9-,12-/m1/s1. The molecule has 148 valence electrons. The summed E-state index contributed by atoms with van der Waals surface area (Å²) in [6.45, 7) is 4.35. The van der Waals surface area contributed by atoms with Crippen LogP contribution in [0.3, 0.4) is 0 Å². The number of aliphatic hydroxyl groups is 1. The number of rotatable bonds is 3. The molecular weight excluding hydrogens is 385 g/mol. The SMILES string of the molecule is CC(C)(C)OC(=O)O[C@H]1[C@H](F)[C@H](n2cnc3c(N)nc(Cl)nc32)O[C@@H]1CO. The van der Waals surface area contributed by atoms with Crippen molar-refractivity contribution < 1.29 is 28.5 Å². The van der Waals surface area contributed by atoms with E-state index in [9.17, 15) is 9.90 Å². The zero-order valence-electron chi connectivity index (χ0n) is 14.8. The number of aromatic nitrogens is 4. The van der Waals surface area contributed by atoms with Crippen molar-refractivity contribution in [1.82, 2.24) is 19.5 Å². The van der Waals surface area contributed by atoms with E-state index in [-0.39, 0.29) is 22.3 Å². The highest BCUT2D eigenvalue weighted by Gasteiger charge is 2.49. The van der Waals surface area contributed by atoms with Crippen LogP contribution >= 0.6 is 11.6 Å². The number of carbonyl (C=O) groups is 1. The van der Waals surface area contributed by atoms with Crippen LogP contribution in [0.15, 0.2) is 6.33 Å². The number of ether oxygens (including phenoxy) is 3. The minimum atomic E-state index is -1.83. The number of hydrogen-bond donors (Lipinski definition) is 2. The molecule has 0 aliphatic carbocycles. The maximum Gasteiger partial charge on any atom is 0.509 e. The van der Waals surface area contributed by atoms with Crippen LogP contribution in [0.25, 0.3) is 11.2 Å². The van der Waals surface area contributed by atoms with Crippen molar-refractivity contribution in [3.05, 3.63) is 11.6 Å². The van der Waals surface area contributed by atoms with Gasteiger partial charge in [-0.25, -0.2) is 14.2 Å². The van der Waals surface area contributed by atoms with Gasteiger partial charge in [0.25, 0.3) is 0 Å². The fourth-order valence-electron chi connectivity index (χ4n) is 2.69. The number of anilines is 1. The minimum Gasteiger partial charge on any atom is -0.429 e. The molecule has 3 rings (SSSR count). The number of hydrogen-bond acceptors (Lipinski definition) is 9. The highest BCUT2D eigenvalue weighted by Crippen LogP contribution is 2.36. The lowest BCUT2D eigenvalue weighted by Crippen LogP contribution is -2.37. The lowest BCUT2D eigenvalue weighted by molar-refractivity contribution is -0.0682. The Morgan fingerprint density at radius 1 is 1.48 bits per heavy atom. The summed E-state index contributed by atoms with van der Waals surface area (Å²) in [5.74, 6) is 0.0254. The molecule has 3 N–H and O–H groups in total. The number of nitrogens with zero attached hydrogens (tertiary/aromatic N) is 4. The molecular formula is C15H19ClFN5O5. The lowest BCUT2D eigenvalue weighted by Gasteiger charge is -2.23. The van der Waals surface area contributed by atoms with Crippen molar-refractivity contribution in [2.75, 3.05) is 12.3 Å². The van der Waals surface area contributed by atoms with Crippen LogP contribution < -0.4 is 5.73 Å². The van der Waals surface area contributed by atoms with Gasteiger partial charge in [0.05, 0.1) is 12.9 Å². The summed E-state index contributed by atoms with van der Waals surface area (Å²) in [7, 11) is 0. The molecule has 0 spiro atoms. The number of nitrogen functional groups attached to an aromatic ring is 1. The van der Waals surface area contributed by atoms with E-state index in [1.165, 1.54) is 10.9 Å². The van der Waals surface area contributed by atoms with Crippen LogP contribution in [-0.2, 0) is 14.2 Å². The number of carbonyl (C=O) groups excluding carboxylic acids is 1. The Hall–Kier alpha value is -2.24. The van der Waals surface area contributed by atoms with Crippen LogP contribution in [0.5, 0.6) is 0 Å². The van der Waals surface area contributed by atoms with Crippen LogP contribution in [0.2, 0.25) is 5.28 Å². The molecule has 27 heavy (non-hydrogen) atoms. The van der Waals surface area contributed by atoms with E-state index in [1.54, 1.807) is 20.8 Å². The van der Waals surface area contributed by atoms with Gasteiger partial charge in [-0.15, -0.1) is 0 Å². The average Bonchev–Trinajstić information content (AvgIpc) is 3.08. The van der Waals surface area contributed by atoms with Gasteiger partial charge in [0, 0.05) is 0 Å². The molecule has 1 aliphatic heterocycles. The normalized spacial score (nSPS) is 25.7. The number of alkyl halides is 1. The Kier molecular flexibility index (Phi) is 5.10. The molecule has 0 unspecified atom stereocenters. The second-order valence-electron chi connectivity index (χ2n) is 6.94. The van der Waals surface area contributed by atoms with Gasteiger partial charge in [-0.2, -0.15) is 9.97 Å². The molecule has 4 atom stereocenters. The summed E-state index contributed by atoms with van der Waals surface area (Å²) >= 11 is 5.81. The Morgan fingerprint density at radius 2 is 2.19 bits per heavy atom. The van der Waals surface area contributed by atoms with E-state index in [2.05, 4.69) is 15.0 Å². The van der Waals surface area contributed by atoms with Gasteiger partial charge in [0.1, 0.15) is 17.2 Å². The number of fused-ring (bicyclic) bond motifs is 1. The molecule has 0 aromatic carbocycles. The molecule has 0 amide bonds. The molecule has 1 fully saturated rings. The second kappa shape index (κ2) is 7.06. The van der Waals surface area contributed by atoms with Crippen molar-refractivity contribution in [2.45, 2.75) is 51.0 Å². The third-order valence-corrected chi connectivity index (χ3v) is 3.93. The third kappa shape index (κ3) is 3.89. The first-order chi connectivity index (χ1) is 12.6. The van der Waals surface area contributed by atoms with Gasteiger partial charge in [-0.3, -0.25) is 4.57 Å². The second-order valence-corrected chi connectivity index (χ2v) is 7.28. The molecule has 2 aromatic heterocycles. The minimum absolute atomic E-state index is 0.0254. The Labute approximate surface area is 158 Å². The monoisotopic (exact) mass is 403 g/mol. The summed E-state index contributed by atoms with van der Waals surface area (Å²) in [4.78, 5) is 23.7. The number of imidazole rings is 1. The topological polar surface area (TPSA) is 135 Å². The maximum absolute atomic E-state index is 15.0. The van der Waals surface area contributed by atoms with Gasteiger partial charge >= 0.3 is 6.16 Å². The quantitative estimate of drug-likeness (QED) is 0.578. The van der Waals surface area contributed by atoms with Crippen LogP contribution in [0.1, 0.15) is 27.0 Å².